The highest BCUT2D eigenvalue weighted by Crippen LogP contribution is 2.28. The molecule has 1 saturated heterocycles. The van der Waals surface area contributed by atoms with Crippen molar-refractivity contribution in [3.63, 3.8) is 0 Å². The standard InChI is InChI=1S/C16H28N4/c1-5-13-8-6-7-9-20(13)15-11-18-16(12(2)3)19-14(15)10-17-4/h11-13,17H,5-10H2,1-4H3. The Balaban J connectivity index is 2.33. The van der Waals surface area contributed by atoms with E-state index in [0.717, 1.165) is 24.6 Å². The summed E-state index contributed by atoms with van der Waals surface area (Å²) in [6, 6.07) is 0.646. The Kier molecular flexibility index (Phi) is 5.35. The molecule has 0 bridgehead atoms. The second-order valence-corrected chi connectivity index (χ2v) is 6.00. The number of hydrogen-bond donors (Lipinski definition) is 1. The van der Waals surface area contributed by atoms with Crippen LogP contribution in [-0.2, 0) is 6.54 Å². The summed E-state index contributed by atoms with van der Waals surface area (Å²) in [5.74, 6) is 1.33. The van der Waals surface area contributed by atoms with Crippen LogP contribution in [0.25, 0.3) is 0 Å². The lowest BCUT2D eigenvalue weighted by molar-refractivity contribution is 0.447. The minimum Gasteiger partial charge on any atom is -0.366 e. The van der Waals surface area contributed by atoms with Crippen LogP contribution in [0, 0.1) is 0 Å². The molecule has 1 fully saturated rings. The molecule has 1 atom stereocenters. The molecule has 1 aromatic heterocycles. The van der Waals surface area contributed by atoms with Crippen molar-refractivity contribution in [2.75, 3.05) is 18.5 Å². The maximum atomic E-state index is 4.79. The summed E-state index contributed by atoms with van der Waals surface area (Å²) >= 11 is 0. The van der Waals surface area contributed by atoms with Gasteiger partial charge in [0, 0.05) is 25.0 Å². The lowest BCUT2D eigenvalue weighted by Gasteiger charge is -2.37. The Morgan fingerprint density at radius 2 is 2.20 bits per heavy atom. The smallest absolute Gasteiger partial charge is 0.131 e. The van der Waals surface area contributed by atoms with E-state index >= 15 is 0 Å². The van der Waals surface area contributed by atoms with Gasteiger partial charge in [-0.3, -0.25) is 0 Å². The normalized spacial score (nSPS) is 19.6. The van der Waals surface area contributed by atoms with Crippen molar-refractivity contribution in [2.24, 2.45) is 0 Å². The first-order valence-corrected chi connectivity index (χ1v) is 7.94. The van der Waals surface area contributed by atoms with Gasteiger partial charge in [-0.1, -0.05) is 20.8 Å². The van der Waals surface area contributed by atoms with Gasteiger partial charge in [0.05, 0.1) is 17.6 Å². The molecular weight excluding hydrogens is 248 g/mol. The molecule has 1 aliphatic rings. The fourth-order valence-corrected chi connectivity index (χ4v) is 2.98. The van der Waals surface area contributed by atoms with E-state index < -0.39 is 0 Å². The number of rotatable bonds is 5. The van der Waals surface area contributed by atoms with E-state index in [1.54, 1.807) is 0 Å². The van der Waals surface area contributed by atoms with Crippen molar-refractivity contribution in [2.45, 2.75) is 65.0 Å². The van der Waals surface area contributed by atoms with E-state index in [0.29, 0.717) is 12.0 Å². The molecule has 2 heterocycles. The summed E-state index contributed by atoms with van der Waals surface area (Å²) < 4.78 is 0. The van der Waals surface area contributed by atoms with Crippen molar-refractivity contribution < 1.29 is 0 Å². The third-order valence-electron chi connectivity index (χ3n) is 4.13. The van der Waals surface area contributed by atoms with Crippen LogP contribution >= 0.6 is 0 Å². The number of piperidine rings is 1. The fourth-order valence-electron chi connectivity index (χ4n) is 2.98. The third kappa shape index (κ3) is 3.29. The van der Waals surface area contributed by atoms with Gasteiger partial charge in [0.15, 0.2) is 0 Å². The number of aromatic nitrogens is 2. The van der Waals surface area contributed by atoms with E-state index in [1.807, 2.05) is 13.2 Å². The highest BCUT2D eigenvalue weighted by Gasteiger charge is 2.24. The van der Waals surface area contributed by atoms with E-state index in [2.05, 4.69) is 36.0 Å². The van der Waals surface area contributed by atoms with E-state index in [9.17, 15) is 0 Å². The summed E-state index contributed by atoms with van der Waals surface area (Å²) in [5.41, 5.74) is 2.38. The fraction of sp³-hybridized carbons (Fsp3) is 0.750. The van der Waals surface area contributed by atoms with Crippen LogP contribution in [-0.4, -0.2) is 29.6 Å². The number of nitrogens with zero attached hydrogens (tertiary/aromatic N) is 3. The summed E-state index contributed by atoms with van der Waals surface area (Å²) in [6.45, 7) is 8.52. The van der Waals surface area contributed by atoms with E-state index in [-0.39, 0.29) is 0 Å². The molecule has 0 spiro atoms. The van der Waals surface area contributed by atoms with Crippen molar-refractivity contribution in [1.29, 1.82) is 0 Å². The SMILES string of the molecule is CCC1CCCCN1c1cnc(C(C)C)nc1CNC. The third-order valence-corrected chi connectivity index (χ3v) is 4.13. The zero-order valence-electron chi connectivity index (χ0n) is 13.3. The van der Waals surface area contributed by atoms with Gasteiger partial charge in [-0.05, 0) is 32.7 Å². The Bertz CT molecular complexity index is 430. The van der Waals surface area contributed by atoms with Gasteiger partial charge in [-0.2, -0.15) is 0 Å². The van der Waals surface area contributed by atoms with Crippen molar-refractivity contribution in [1.82, 2.24) is 15.3 Å². The Morgan fingerprint density at radius 1 is 1.40 bits per heavy atom. The van der Waals surface area contributed by atoms with Crippen LogP contribution in [0.3, 0.4) is 0 Å². The van der Waals surface area contributed by atoms with Crippen LogP contribution in [0.1, 0.15) is 63.9 Å². The van der Waals surface area contributed by atoms with Gasteiger partial charge in [-0.25, -0.2) is 9.97 Å². The second-order valence-electron chi connectivity index (χ2n) is 6.00. The van der Waals surface area contributed by atoms with Gasteiger partial charge in [0.25, 0.3) is 0 Å². The molecule has 0 saturated carbocycles. The first-order valence-electron chi connectivity index (χ1n) is 7.94. The van der Waals surface area contributed by atoms with Gasteiger partial charge < -0.3 is 10.2 Å². The zero-order valence-corrected chi connectivity index (χ0v) is 13.3. The average Bonchev–Trinajstić information content (AvgIpc) is 2.47. The Hall–Kier alpha value is -1.16. The predicted octanol–water partition coefficient (Wildman–Crippen LogP) is 3.09. The van der Waals surface area contributed by atoms with Gasteiger partial charge >= 0.3 is 0 Å². The monoisotopic (exact) mass is 276 g/mol. The lowest BCUT2D eigenvalue weighted by Crippen LogP contribution is -2.40. The predicted molar refractivity (Wildman–Crippen MR) is 84.2 cm³/mol. The van der Waals surface area contributed by atoms with Gasteiger partial charge in [0.2, 0.25) is 0 Å². The summed E-state index contributed by atoms with van der Waals surface area (Å²) in [5, 5.41) is 3.25. The molecule has 1 unspecified atom stereocenters. The molecular formula is C16H28N4. The summed E-state index contributed by atoms with van der Waals surface area (Å²) in [7, 11) is 1.98. The number of hydrogen-bond acceptors (Lipinski definition) is 4. The number of nitrogens with one attached hydrogen (secondary N) is 1. The zero-order chi connectivity index (χ0) is 14.5. The Morgan fingerprint density at radius 3 is 2.85 bits per heavy atom. The van der Waals surface area contributed by atoms with Crippen molar-refractivity contribution >= 4 is 5.69 Å². The van der Waals surface area contributed by atoms with E-state index in [1.165, 1.54) is 31.4 Å². The quantitative estimate of drug-likeness (QED) is 0.897. The van der Waals surface area contributed by atoms with Crippen LogP contribution in [0.5, 0.6) is 0 Å². The molecule has 1 aromatic rings. The molecule has 0 aliphatic carbocycles. The topological polar surface area (TPSA) is 41.1 Å². The maximum Gasteiger partial charge on any atom is 0.131 e. The van der Waals surface area contributed by atoms with Crippen molar-refractivity contribution in [3.8, 4) is 0 Å². The summed E-state index contributed by atoms with van der Waals surface area (Å²) in [4.78, 5) is 11.9. The lowest BCUT2D eigenvalue weighted by atomic mass is 9.99. The number of anilines is 1. The van der Waals surface area contributed by atoms with Gasteiger partial charge in [0.1, 0.15) is 5.82 Å². The molecule has 112 valence electrons. The molecule has 20 heavy (non-hydrogen) atoms. The minimum atomic E-state index is 0.378. The largest absolute Gasteiger partial charge is 0.366 e. The molecule has 4 nitrogen and oxygen atoms in total. The molecule has 0 amide bonds. The molecule has 1 aliphatic heterocycles. The first kappa shape index (κ1) is 15.2. The summed E-state index contributed by atoms with van der Waals surface area (Å²) in [6.07, 6.45) is 7.16. The van der Waals surface area contributed by atoms with E-state index in [4.69, 9.17) is 4.98 Å². The minimum absolute atomic E-state index is 0.378. The van der Waals surface area contributed by atoms with Crippen LogP contribution in [0.15, 0.2) is 6.20 Å². The molecule has 0 aromatic carbocycles. The molecule has 4 heteroatoms. The molecule has 2 rings (SSSR count). The van der Waals surface area contributed by atoms with Crippen LogP contribution in [0.2, 0.25) is 0 Å². The molecule has 1 N–H and O–H groups in total. The average molecular weight is 276 g/mol. The highest BCUT2D eigenvalue weighted by molar-refractivity contribution is 5.50. The second kappa shape index (κ2) is 7.02. The first-order chi connectivity index (χ1) is 9.67. The van der Waals surface area contributed by atoms with Crippen molar-refractivity contribution in [3.05, 3.63) is 17.7 Å². The van der Waals surface area contributed by atoms with Crippen LogP contribution in [0.4, 0.5) is 5.69 Å². The highest BCUT2D eigenvalue weighted by atomic mass is 15.2. The molecule has 0 radical (unpaired) electrons. The van der Waals surface area contributed by atoms with Crippen LogP contribution < -0.4 is 10.2 Å². The maximum absolute atomic E-state index is 4.79. The Labute approximate surface area is 123 Å². The van der Waals surface area contributed by atoms with Gasteiger partial charge in [-0.15, -0.1) is 0 Å².